The van der Waals surface area contributed by atoms with Gasteiger partial charge in [-0.05, 0) is 50.4 Å². The molecule has 0 atom stereocenters. The van der Waals surface area contributed by atoms with Gasteiger partial charge in [0.15, 0.2) is 0 Å². The van der Waals surface area contributed by atoms with Gasteiger partial charge in [0, 0.05) is 13.1 Å². The molecule has 1 aromatic carbocycles. The SMILES string of the molecule is Cc1ccc(C)c(CCN(C)CC(C)(C)CN)c1. The normalized spacial score (nSPS) is 12.2. The molecule has 0 saturated carbocycles. The summed E-state index contributed by atoms with van der Waals surface area (Å²) in [5.74, 6) is 0. The minimum absolute atomic E-state index is 0.205. The zero-order chi connectivity index (χ0) is 13.8. The Bertz CT molecular complexity index is 383. The van der Waals surface area contributed by atoms with Crippen LogP contribution in [0, 0.1) is 19.3 Å². The van der Waals surface area contributed by atoms with E-state index in [0.29, 0.717) is 0 Å². The molecule has 2 nitrogen and oxygen atoms in total. The van der Waals surface area contributed by atoms with Gasteiger partial charge in [0.2, 0.25) is 0 Å². The van der Waals surface area contributed by atoms with E-state index in [-0.39, 0.29) is 5.41 Å². The summed E-state index contributed by atoms with van der Waals surface area (Å²) in [5, 5.41) is 0. The summed E-state index contributed by atoms with van der Waals surface area (Å²) >= 11 is 0. The number of rotatable bonds is 6. The fourth-order valence-corrected chi connectivity index (χ4v) is 2.26. The van der Waals surface area contributed by atoms with Gasteiger partial charge in [0.1, 0.15) is 0 Å². The first kappa shape index (κ1) is 15.2. The Labute approximate surface area is 112 Å². The second kappa shape index (κ2) is 6.35. The lowest BCUT2D eigenvalue weighted by molar-refractivity contribution is 0.217. The molecule has 0 bridgehead atoms. The Morgan fingerprint density at radius 3 is 2.50 bits per heavy atom. The third-order valence-electron chi connectivity index (χ3n) is 3.52. The monoisotopic (exact) mass is 248 g/mol. The molecular weight excluding hydrogens is 220 g/mol. The Morgan fingerprint density at radius 1 is 1.22 bits per heavy atom. The average molecular weight is 248 g/mol. The van der Waals surface area contributed by atoms with Gasteiger partial charge in [-0.15, -0.1) is 0 Å². The van der Waals surface area contributed by atoms with E-state index in [4.69, 9.17) is 5.73 Å². The van der Waals surface area contributed by atoms with Crippen molar-refractivity contribution in [2.75, 3.05) is 26.7 Å². The van der Waals surface area contributed by atoms with E-state index in [0.717, 1.165) is 26.1 Å². The lowest BCUT2D eigenvalue weighted by atomic mass is 9.93. The molecule has 0 fully saturated rings. The molecule has 1 aromatic rings. The maximum atomic E-state index is 5.78. The van der Waals surface area contributed by atoms with Crippen LogP contribution in [-0.2, 0) is 6.42 Å². The van der Waals surface area contributed by atoms with Crippen molar-refractivity contribution in [2.45, 2.75) is 34.1 Å². The van der Waals surface area contributed by atoms with Crippen LogP contribution in [0.4, 0.5) is 0 Å². The highest BCUT2D eigenvalue weighted by Crippen LogP contribution is 2.15. The van der Waals surface area contributed by atoms with Crippen LogP contribution in [0.25, 0.3) is 0 Å². The molecule has 2 N–H and O–H groups in total. The molecule has 2 heteroatoms. The molecule has 0 heterocycles. The number of likely N-dealkylation sites (N-methyl/N-ethyl adjacent to an activating group) is 1. The number of aryl methyl sites for hydroxylation is 2. The molecule has 0 aliphatic rings. The zero-order valence-electron chi connectivity index (χ0n) is 12.6. The van der Waals surface area contributed by atoms with E-state index in [2.05, 4.69) is 57.8 Å². The fourth-order valence-electron chi connectivity index (χ4n) is 2.26. The van der Waals surface area contributed by atoms with Crippen LogP contribution in [-0.4, -0.2) is 31.6 Å². The number of benzene rings is 1. The summed E-state index contributed by atoms with van der Waals surface area (Å²) in [4.78, 5) is 2.38. The van der Waals surface area contributed by atoms with E-state index in [9.17, 15) is 0 Å². The Hall–Kier alpha value is -0.860. The Kier molecular flexibility index (Phi) is 5.36. The molecule has 0 aromatic heterocycles. The highest BCUT2D eigenvalue weighted by Gasteiger charge is 2.17. The van der Waals surface area contributed by atoms with Gasteiger partial charge in [-0.2, -0.15) is 0 Å². The molecular formula is C16H28N2. The van der Waals surface area contributed by atoms with Crippen LogP contribution in [0.2, 0.25) is 0 Å². The van der Waals surface area contributed by atoms with Crippen molar-refractivity contribution >= 4 is 0 Å². The van der Waals surface area contributed by atoms with Crippen molar-refractivity contribution in [3.05, 3.63) is 34.9 Å². The standard InChI is InChI=1S/C16H28N2/c1-13-6-7-14(2)15(10-13)8-9-18(5)12-16(3,4)11-17/h6-7,10H,8-9,11-12,17H2,1-5H3. The van der Waals surface area contributed by atoms with Gasteiger partial charge in [-0.3, -0.25) is 0 Å². The van der Waals surface area contributed by atoms with Crippen molar-refractivity contribution in [1.29, 1.82) is 0 Å². The third kappa shape index (κ3) is 4.79. The highest BCUT2D eigenvalue weighted by atomic mass is 15.1. The second-order valence-electron chi connectivity index (χ2n) is 6.29. The van der Waals surface area contributed by atoms with Crippen LogP contribution < -0.4 is 5.73 Å². The van der Waals surface area contributed by atoms with Crippen LogP contribution in [0.1, 0.15) is 30.5 Å². The summed E-state index contributed by atoms with van der Waals surface area (Å²) in [6, 6.07) is 6.70. The van der Waals surface area contributed by atoms with Crippen molar-refractivity contribution < 1.29 is 0 Å². The first-order chi connectivity index (χ1) is 8.34. The van der Waals surface area contributed by atoms with E-state index in [1.54, 1.807) is 0 Å². The van der Waals surface area contributed by atoms with Crippen molar-refractivity contribution in [1.82, 2.24) is 4.90 Å². The zero-order valence-corrected chi connectivity index (χ0v) is 12.6. The summed E-state index contributed by atoms with van der Waals surface area (Å²) in [6.45, 7) is 11.7. The predicted octanol–water partition coefficient (Wildman–Crippen LogP) is 2.76. The number of nitrogens with two attached hydrogens (primary N) is 1. The minimum Gasteiger partial charge on any atom is -0.330 e. The van der Waals surface area contributed by atoms with E-state index < -0.39 is 0 Å². The lowest BCUT2D eigenvalue weighted by Crippen LogP contribution is -2.37. The first-order valence-electron chi connectivity index (χ1n) is 6.79. The second-order valence-corrected chi connectivity index (χ2v) is 6.29. The van der Waals surface area contributed by atoms with Crippen molar-refractivity contribution in [3.8, 4) is 0 Å². The van der Waals surface area contributed by atoms with Gasteiger partial charge < -0.3 is 10.6 Å². The Balaban J connectivity index is 2.52. The maximum Gasteiger partial charge on any atom is 0.00418 e. The molecule has 0 saturated heterocycles. The van der Waals surface area contributed by atoms with Crippen LogP contribution >= 0.6 is 0 Å². The van der Waals surface area contributed by atoms with Crippen LogP contribution in [0.5, 0.6) is 0 Å². The molecule has 102 valence electrons. The van der Waals surface area contributed by atoms with Crippen molar-refractivity contribution in [2.24, 2.45) is 11.1 Å². The summed E-state index contributed by atoms with van der Waals surface area (Å²) in [6.07, 6.45) is 1.12. The molecule has 0 aliphatic carbocycles. The number of nitrogens with zero attached hydrogens (tertiary/aromatic N) is 1. The van der Waals surface area contributed by atoms with Gasteiger partial charge in [0.05, 0.1) is 0 Å². The molecule has 0 amide bonds. The van der Waals surface area contributed by atoms with Gasteiger partial charge >= 0.3 is 0 Å². The first-order valence-corrected chi connectivity index (χ1v) is 6.79. The number of hydrogen-bond donors (Lipinski definition) is 1. The fraction of sp³-hybridized carbons (Fsp3) is 0.625. The molecule has 0 spiro atoms. The maximum absolute atomic E-state index is 5.78. The average Bonchev–Trinajstić information content (AvgIpc) is 2.30. The highest BCUT2D eigenvalue weighted by molar-refractivity contribution is 5.30. The third-order valence-corrected chi connectivity index (χ3v) is 3.52. The largest absolute Gasteiger partial charge is 0.330 e. The molecule has 1 rings (SSSR count). The summed E-state index contributed by atoms with van der Waals surface area (Å²) < 4.78 is 0. The quantitative estimate of drug-likeness (QED) is 0.839. The van der Waals surface area contributed by atoms with Gasteiger partial charge in [-0.25, -0.2) is 0 Å². The smallest absolute Gasteiger partial charge is 0.00418 e. The van der Waals surface area contributed by atoms with Gasteiger partial charge in [0.25, 0.3) is 0 Å². The van der Waals surface area contributed by atoms with E-state index in [1.165, 1.54) is 16.7 Å². The topological polar surface area (TPSA) is 29.3 Å². The molecule has 18 heavy (non-hydrogen) atoms. The number of hydrogen-bond acceptors (Lipinski definition) is 2. The predicted molar refractivity (Wildman–Crippen MR) is 80.0 cm³/mol. The molecule has 0 unspecified atom stereocenters. The summed E-state index contributed by atoms with van der Waals surface area (Å²) in [7, 11) is 2.18. The molecule has 0 aliphatic heterocycles. The van der Waals surface area contributed by atoms with Crippen LogP contribution in [0.3, 0.4) is 0 Å². The minimum atomic E-state index is 0.205. The van der Waals surface area contributed by atoms with Crippen molar-refractivity contribution in [3.63, 3.8) is 0 Å². The Morgan fingerprint density at radius 2 is 1.89 bits per heavy atom. The lowest BCUT2D eigenvalue weighted by Gasteiger charge is -2.29. The van der Waals surface area contributed by atoms with E-state index in [1.807, 2.05) is 0 Å². The summed E-state index contributed by atoms with van der Waals surface area (Å²) in [5.41, 5.74) is 10.2. The van der Waals surface area contributed by atoms with Crippen LogP contribution in [0.15, 0.2) is 18.2 Å². The molecule has 0 radical (unpaired) electrons. The van der Waals surface area contributed by atoms with Gasteiger partial charge in [-0.1, -0.05) is 37.6 Å². The van der Waals surface area contributed by atoms with E-state index >= 15 is 0 Å².